The zero-order valence-corrected chi connectivity index (χ0v) is 13.6. The first kappa shape index (κ1) is 18.7. The Balaban J connectivity index is 2.29. The van der Waals surface area contributed by atoms with Gasteiger partial charge in [0.25, 0.3) is 5.91 Å². The van der Waals surface area contributed by atoms with E-state index >= 15 is 0 Å². The van der Waals surface area contributed by atoms with E-state index in [-0.39, 0.29) is 23.0 Å². The molecule has 132 valence electrons. The Morgan fingerprint density at radius 3 is 2.52 bits per heavy atom. The van der Waals surface area contributed by atoms with Gasteiger partial charge in [0.15, 0.2) is 0 Å². The predicted molar refractivity (Wildman–Crippen MR) is 84.6 cm³/mol. The van der Waals surface area contributed by atoms with Gasteiger partial charge in [-0.25, -0.2) is 9.78 Å². The number of hydrogen-bond acceptors (Lipinski definition) is 4. The quantitative estimate of drug-likeness (QED) is 0.817. The summed E-state index contributed by atoms with van der Waals surface area (Å²) in [6.07, 6.45) is -4.70. The third-order valence-corrected chi connectivity index (χ3v) is 3.24. The topological polar surface area (TPSA) is 68.3 Å². The molecule has 25 heavy (non-hydrogen) atoms. The van der Waals surface area contributed by atoms with E-state index in [9.17, 15) is 22.8 Å². The number of alkyl halides is 3. The Bertz CT molecular complexity index is 809. The number of carbonyl (C=O) groups excluding carboxylic acids is 2. The summed E-state index contributed by atoms with van der Waals surface area (Å²) in [5.74, 6) is -1.64. The van der Waals surface area contributed by atoms with Crippen molar-refractivity contribution < 1.29 is 27.5 Å². The van der Waals surface area contributed by atoms with Gasteiger partial charge in [0.05, 0.1) is 17.9 Å². The van der Waals surface area contributed by atoms with Crippen molar-refractivity contribution in [2.45, 2.75) is 13.1 Å². The fourth-order valence-electron chi connectivity index (χ4n) is 1.93. The summed E-state index contributed by atoms with van der Waals surface area (Å²) in [4.78, 5) is 27.6. The predicted octanol–water partition coefficient (Wildman–Crippen LogP) is 4.18. The van der Waals surface area contributed by atoms with Crippen molar-refractivity contribution in [3.8, 4) is 0 Å². The molecule has 0 atom stereocenters. The normalized spacial score (nSPS) is 11.1. The van der Waals surface area contributed by atoms with E-state index in [4.69, 9.17) is 16.3 Å². The number of ether oxygens (including phenoxy) is 1. The SMILES string of the molecule is CCOC(=O)c1cccc(C(=O)Nc2ccc(Cl)cc2C(F)(F)F)n1. The molecule has 0 spiro atoms. The average molecular weight is 373 g/mol. The summed E-state index contributed by atoms with van der Waals surface area (Å²) in [6.45, 7) is 1.73. The molecule has 0 radical (unpaired) electrons. The van der Waals surface area contributed by atoms with Crippen LogP contribution in [0.15, 0.2) is 36.4 Å². The molecular formula is C16H12ClF3N2O3. The fourth-order valence-corrected chi connectivity index (χ4v) is 2.10. The second-order valence-electron chi connectivity index (χ2n) is 4.77. The highest BCUT2D eigenvalue weighted by atomic mass is 35.5. The molecule has 0 aliphatic carbocycles. The van der Waals surface area contributed by atoms with Crippen LogP contribution in [-0.2, 0) is 10.9 Å². The molecule has 0 bridgehead atoms. The molecule has 1 heterocycles. The Labute approximate surface area is 145 Å². The van der Waals surface area contributed by atoms with E-state index in [1.165, 1.54) is 24.3 Å². The molecule has 0 saturated carbocycles. The lowest BCUT2D eigenvalue weighted by Gasteiger charge is -2.14. The van der Waals surface area contributed by atoms with Crippen molar-refractivity contribution in [1.82, 2.24) is 4.98 Å². The van der Waals surface area contributed by atoms with Crippen LogP contribution in [0, 0.1) is 0 Å². The van der Waals surface area contributed by atoms with Crippen LogP contribution in [0.5, 0.6) is 0 Å². The first-order chi connectivity index (χ1) is 11.7. The zero-order chi connectivity index (χ0) is 18.6. The van der Waals surface area contributed by atoms with Crippen LogP contribution in [0.25, 0.3) is 0 Å². The number of aromatic nitrogens is 1. The van der Waals surface area contributed by atoms with Crippen LogP contribution in [0.2, 0.25) is 5.02 Å². The maximum Gasteiger partial charge on any atom is 0.418 e. The molecule has 1 amide bonds. The van der Waals surface area contributed by atoms with E-state index < -0.39 is 29.3 Å². The Kier molecular flexibility index (Phi) is 5.63. The van der Waals surface area contributed by atoms with Crippen molar-refractivity contribution in [2.24, 2.45) is 0 Å². The second-order valence-corrected chi connectivity index (χ2v) is 5.21. The molecule has 0 fully saturated rings. The summed E-state index contributed by atoms with van der Waals surface area (Å²) >= 11 is 5.59. The van der Waals surface area contributed by atoms with Gasteiger partial charge < -0.3 is 10.1 Å². The molecule has 0 aliphatic rings. The molecule has 9 heteroatoms. The number of amides is 1. The number of halogens is 4. The van der Waals surface area contributed by atoms with Gasteiger partial charge in [-0.05, 0) is 37.3 Å². The molecule has 2 aromatic rings. The van der Waals surface area contributed by atoms with Gasteiger partial charge in [0.2, 0.25) is 0 Å². The first-order valence-electron chi connectivity index (χ1n) is 7.04. The number of rotatable bonds is 4. The third kappa shape index (κ3) is 4.69. The van der Waals surface area contributed by atoms with Gasteiger partial charge >= 0.3 is 12.1 Å². The smallest absolute Gasteiger partial charge is 0.418 e. The number of esters is 1. The minimum Gasteiger partial charge on any atom is -0.461 e. The highest BCUT2D eigenvalue weighted by Gasteiger charge is 2.34. The standard InChI is InChI=1S/C16H12ClF3N2O3/c1-2-25-15(24)13-5-3-4-12(21-13)14(23)22-11-7-6-9(17)8-10(11)16(18,19)20/h3-8H,2H2,1H3,(H,22,23). The Morgan fingerprint density at radius 2 is 1.88 bits per heavy atom. The lowest BCUT2D eigenvalue weighted by molar-refractivity contribution is -0.136. The number of nitrogens with one attached hydrogen (secondary N) is 1. The molecule has 0 unspecified atom stereocenters. The molecule has 5 nitrogen and oxygen atoms in total. The fraction of sp³-hybridized carbons (Fsp3) is 0.188. The maximum atomic E-state index is 13.0. The number of anilines is 1. The summed E-state index contributed by atoms with van der Waals surface area (Å²) in [6, 6.07) is 6.94. The summed E-state index contributed by atoms with van der Waals surface area (Å²) in [5, 5.41) is 2.01. The monoisotopic (exact) mass is 372 g/mol. The van der Waals surface area contributed by atoms with E-state index in [0.717, 1.165) is 6.07 Å². The van der Waals surface area contributed by atoms with Gasteiger partial charge in [-0.2, -0.15) is 13.2 Å². The largest absolute Gasteiger partial charge is 0.461 e. The van der Waals surface area contributed by atoms with Crippen LogP contribution >= 0.6 is 11.6 Å². The molecule has 1 N–H and O–H groups in total. The van der Waals surface area contributed by atoms with Crippen LogP contribution in [0.3, 0.4) is 0 Å². The number of hydrogen-bond donors (Lipinski definition) is 1. The number of carbonyl (C=O) groups is 2. The summed E-state index contributed by atoms with van der Waals surface area (Å²) in [7, 11) is 0. The van der Waals surface area contributed by atoms with Gasteiger partial charge in [-0.15, -0.1) is 0 Å². The minimum atomic E-state index is -4.70. The zero-order valence-electron chi connectivity index (χ0n) is 12.9. The molecular weight excluding hydrogens is 361 g/mol. The van der Waals surface area contributed by atoms with Crippen LogP contribution in [-0.4, -0.2) is 23.5 Å². The highest BCUT2D eigenvalue weighted by molar-refractivity contribution is 6.30. The Hall–Kier alpha value is -2.61. The van der Waals surface area contributed by atoms with Gasteiger partial charge in [-0.3, -0.25) is 4.79 Å². The van der Waals surface area contributed by atoms with Crippen molar-refractivity contribution in [3.05, 3.63) is 58.4 Å². The third-order valence-electron chi connectivity index (χ3n) is 3.00. The lowest BCUT2D eigenvalue weighted by Crippen LogP contribution is -2.19. The van der Waals surface area contributed by atoms with Crippen molar-refractivity contribution in [1.29, 1.82) is 0 Å². The molecule has 1 aromatic heterocycles. The lowest BCUT2D eigenvalue weighted by atomic mass is 10.1. The van der Waals surface area contributed by atoms with Crippen molar-refractivity contribution in [2.75, 3.05) is 11.9 Å². The molecule has 0 saturated heterocycles. The number of benzene rings is 1. The number of pyridine rings is 1. The summed E-state index contributed by atoms with van der Waals surface area (Å²) in [5.41, 5.74) is -1.91. The molecule has 0 aliphatic heterocycles. The molecule has 1 aromatic carbocycles. The average Bonchev–Trinajstić information content (AvgIpc) is 2.56. The summed E-state index contributed by atoms with van der Waals surface area (Å²) < 4.78 is 43.9. The van der Waals surface area contributed by atoms with E-state index in [2.05, 4.69) is 10.3 Å². The number of nitrogens with zero attached hydrogens (tertiary/aromatic N) is 1. The first-order valence-corrected chi connectivity index (χ1v) is 7.42. The van der Waals surface area contributed by atoms with Gasteiger partial charge in [-0.1, -0.05) is 17.7 Å². The van der Waals surface area contributed by atoms with E-state index in [1.807, 2.05) is 0 Å². The Morgan fingerprint density at radius 1 is 1.20 bits per heavy atom. The van der Waals surface area contributed by atoms with Crippen LogP contribution < -0.4 is 5.32 Å². The van der Waals surface area contributed by atoms with E-state index in [1.54, 1.807) is 6.92 Å². The van der Waals surface area contributed by atoms with Gasteiger partial charge in [0, 0.05) is 5.02 Å². The van der Waals surface area contributed by atoms with Crippen molar-refractivity contribution in [3.63, 3.8) is 0 Å². The maximum absolute atomic E-state index is 13.0. The van der Waals surface area contributed by atoms with Crippen LogP contribution in [0.4, 0.5) is 18.9 Å². The van der Waals surface area contributed by atoms with E-state index in [0.29, 0.717) is 6.07 Å². The molecule has 2 rings (SSSR count). The van der Waals surface area contributed by atoms with Crippen LogP contribution in [0.1, 0.15) is 33.5 Å². The highest BCUT2D eigenvalue weighted by Crippen LogP contribution is 2.36. The minimum absolute atomic E-state index is 0.118. The van der Waals surface area contributed by atoms with Crippen molar-refractivity contribution >= 4 is 29.2 Å². The van der Waals surface area contributed by atoms with Gasteiger partial charge in [0.1, 0.15) is 11.4 Å². The second kappa shape index (κ2) is 7.52.